The molecule has 0 spiro atoms. The van der Waals surface area contributed by atoms with E-state index < -0.39 is 5.97 Å². The Morgan fingerprint density at radius 1 is 1.40 bits per heavy atom. The number of anilines is 1. The fourth-order valence-electron chi connectivity index (χ4n) is 1.40. The van der Waals surface area contributed by atoms with Crippen LogP contribution in [-0.2, 0) is 0 Å². The Morgan fingerprint density at radius 2 is 2.10 bits per heavy atom. The van der Waals surface area contributed by atoms with Crippen LogP contribution in [0.1, 0.15) is 24.2 Å². The van der Waals surface area contributed by atoms with Crippen molar-refractivity contribution in [1.29, 1.82) is 0 Å². The maximum Gasteiger partial charge on any atom is 0.337 e. The number of amides is 2. The van der Waals surface area contributed by atoms with E-state index in [-0.39, 0.29) is 11.6 Å². The first-order valence-corrected chi connectivity index (χ1v) is 6.33. The first-order valence-electron chi connectivity index (χ1n) is 6.33. The molecule has 7 heteroatoms. The number of aromatic carboxylic acids is 1. The highest BCUT2D eigenvalue weighted by Crippen LogP contribution is 2.07. The van der Waals surface area contributed by atoms with E-state index in [0.717, 1.165) is 6.54 Å². The minimum atomic E-state index is -1.08. The summed E-state index contributed by atoms with van der Waals surface area (Å²) in [7, 11) is 1.98. The fraction of sp³-hybridized carbons (Fsp3) is 0.462. The van der Waals surface area contributed by atoms with Gasteiger partial charge in [-0.05, 0) is 27.0 Å². The molecule has 0 aromatic carbocycles. The van der Waals surface area contributed by atoms with Crippen molar-refractivity contribution in [2.75, 3.05) is 25.5 Å². The van der Waals surface area contributed by atoms with E-state index >= 15 is 0 Å². The summed E-state index contributed by atoms with van der Waals surface area (Å²) in [6.45, 7) is 5.39. The molecular formula is C13H20N4O3. The van der Waals surface area contributed by atoms with Gasteiger partial charge in [-0.3, -0.25) is 4.98 Å². The van der Waals surface area contributed by atoms with Gasteiger partial charge in [-0.15, -0.1) is 0 Å². The minimum Gasteiger partial charge on any atom is -0.478 e. The first-order chi connectivity index (χ1) is 9.40. The number of pyridine rings is 1. The number of carbonyl (C=O) groups is 2. The topological polar surface area (TPSA) is 94.6 Å². The molecule has 0 saturated heterocycles. The summed E-state index contributed by atoms with van der Waals surface area (Å²) in [5.41, 5.74) is 0.377. The molecule has 110 valence electrons. The SMILES string of the molecule is CC(C)N(C)CCNC(=O)Nc1cncc(C(=O)O)c1. The van der Waals surface area contributed by atoms with Gasteiger partial charge in [0.05, 0.1) is 17.4 Å². The number of hydrogen-bond acceptors (Lipinski definition) is 4. The van der Waals surface area contributed by atoms with Gasteiger partial charge in [-0.1, -0.05) is 0 Å². The number of carboxylic acids is 1. The zero-order valence-corrected chi connectivity index (χ0v) is 11.9. The highest BCUT2D eigenvalue weighted by atomic mass is 16.4. The van der Waals surface area contributed by atoms with Gasteiger partial charge < -0.3 is 20.6 Å². The van der Waals surface area contributed by atoms with Crippen molar-refractivity contribution in [3.8, 4) is 0 Å². The lowest BCUT2D eigenvalue weighted by atomic mass is 10.3. The van der Waals surface area contributed by atoms with Crippen molar-refractivity contribution >= 4 is 17.7 Å². The smallest absolute Gasteiger partial charge is 0.337 e. The Morgan fingerprint density at radius 3 is 2.70 bits per heavy atom. The molecule has 1 rings (SSSR count). The first kappa shape index (κ1) is 15.9. The molecule has 0 atom stereocenters. The van der Waals surface area contributed by atoms with Crippen molar-refractivity contribution in [3.05, 3.63) is 24.0 Å². The van der Waals surface area contributed by atoms with Crippen LogP contribution in [0.4, 0.5) is 10.5 Å². The molecule has 1 heterocycles. The zero-order valence-electron chi connectivity index (χ0n) is 11.9. The molecule has 0 saturated carbocycles. The predicted octanol–water partition coefficient (Wildman–Crippen LogP) is 1.24. The number of aromatic nitrogens is 1. The zero-order chi connectivity index (χ0) is 15.1. The lowest BCUT2D eigenvalue weighted by molar-refractivity contribution is 0.0696. The van der Waals surface area contributed by atoms with Crippen LogP contribution < -0.4 is 10.6 Å². The summed E-state index contributed by atoms with van der Waals surface area (Å²) < 4.78 is 0. The number of hydrogen-bond donors (Lipinski definition) is 3. The largest absolute Gasteiger partial charge is 0.478 e. The maximum atomic E-state index is 11.6. The predicted molar refractivity (Wildman–Crippen MR) is 76.0 cm³/mol. The van der Waals surface area contributed by atoms with Crippen molar-refractivity contribution in [3.63, 3.8) is 0 Å². The van der Waals surface area contributed by atoms with E-state index in [1.165, 1.54) is 18.5 Å². The number of urea groups is 1. The van der Waals surface area contributed by atoms with E-state index in [1.54, 1.807) is 0 Å². The van der Waals surface area contributed by atoms with Gasteiger partial charge >= 0.3 is 12.0 Å². The summed E-state index contributed by atoms with van der Waals surface area (Å²) in [5.74, 6) is -1.08. The van der Waals surface area contributed by atoms with Crippen molar-refractivity contribution in [2.45, 2.75) is 19.9 Å². The molecule has 2 amide bonds. The second-order valence-electron chi connectivity index (χ2n) is 4.72. The minimum absolute atomic E-state index is 0.0299. The van der Waals surface area contributed by atoms with E-state index in [2.05, 4.69) is 34.4 Å². The van der Waals surface area contributed by atoms with Gasteiger partial charge in [-0.2, -0.15) is 0 Å². The Bertz CT molecular complexity index is 476. The highest BCUT2D eigenvalue weighted by molar-refractivity contribution is 5.92. The molecule has 0 bridgehead atoms. The quantitative estimate of drug-likeness (QED) is 0.729. The molecule has 7 nitrogen and oxygen atoms in total. The Hall–Kier alpha value is -2.15. The van der Waals surface area contributed by atoms with E-state index in [9.17, 15) is 9.59 Å². The fourth-order valence-corrected chi connectivity index (χ4v) is 1.40. The maximum absolute atomic E-state index is 11.6. The van der Waals surface area contributed by atoms with E-state index in [1.807, 2.05) is 7.05 Å². The number of nitrogens with one attached hydrogen (secondary N) is 2. The molecule has 1 aromatic rings. The van der Waals surface area contributed by atoms with Gasteiger partial charge in [0, 0.05) is 25.3 Å². The summed E-state index contributed by atoms with van der Waals surface area (Å²) in [6.07, 6.45) is 2.62. The number of carbonyl (C=O) groups excluding carboxylic acids is 1. The standard InChI is InChI=1S/C13H20N4O3/c1-9(2)17(3)5-4-15-13(20)16-11-6-10(12(18)19)7-14-8-11/h6-9H,4-5H2,1-3H3,(H,18,19)(H2,15,16,20). The molecule has 0 aliphatic rings. The Balaban J connectivity index is 2.43. The van der Waals surface area contributed by atoms with Crippen LogP contribution in [0.15, 0.2) is 18.5 Å². The number of nitrogens with zero attached hydrogens (tertiary/aromatic N) is 2. The molecule has 0 aliphatic heterocycles. The van der Waals surface area contributed by atoms with Crippen LogP contribution in [0.25, 0.3) is 0 Å². The van der Waals surface area contributed by atoms with Crippen molar-refractivity contribution < 1.29 is 14.7 Å². The van der Waals surface area contributed by atoms with Crippen LogP contribution in [0, 0.1) is 0 Å². The number of carboxylic acid groups (broad SMARTS) is 1. The van der Waals surface area contributed by atoms with E-state index in [4.69, 9.17) is 5.11 Å². The van der Waals surface area contributed by atoms with Gasteiger partial charge in [-0.25, -0.2) is 9.59 Å². The third-order valence-electron chi connectivity index (χ3n) is 2.87. The summed E-state index contributed by atoms with van der Waals surface area (Å²) in [5, 5.41) is 14.1. The van der Waals surface area contributed by atoms with Crippen LogP contribution in [0.2, 0.25) is 0 Å². The highest BCUT2D eigenvalue weighted by Gasteiger charge is 2.07. The van der Waals surface area contributed by atoms with E-state index in [0.29, 0.717) is 18.3 Å². The molecule has 0 aliphatic carbocycles. The lowest BCUT2D eigenvalue weighted by Gasteiger charge is -2.20. The second kappa shape index (κ2) is 7.44. The van der Waals surface area contributed by atoms with Gasteiger partial charge in [0.1, 0.15) is 0 Å². The third-order valence-corrected chi connectivity index (χ3v) is 2.87. The van der Waals surface area contributed by atoms with Gasteiger partial charge in [0.25, 0.3) is 0 Å². The monoisotopic (exact) mass is 280 g/mol. The van der Waals surface area contributed by atoms with Crippen LogP contribution >= 0.6 is 0 Å². The van der Waals surface area contributed by atoms with Crippen LogP contribution in [0.5, 0.6) is 0 Å². The normalized spacial score (nSPS) is 10.7. The molecule has 3 N–H and O–H groups in total. The van der Waals surface area contributed by atoms with Crippen LogP contribution in [0.3, 0.4) is 0 Å². The summed E-state index contributed by atoms with van der Waals surface area (Å²) >= 11 is 0. The number of rotatable bonds is 6. The second-order valence-corrected chi connectivity index (χ2v) is 4.72. The van der Waals surface area contributed by atoms with Crippen molar-refractivity contribution in [2.24, 2.45) is 0 Å². The molecule has 1 aromatic heterocycles. The Labute approximate surface area is 118 Å². The molecule has 20 heavy (non-hydrogen) atoms. The molecule has 0 unspecified atom stereocenters. The van der Waals surface area contributed by atoms with Crippen molar-refractivity contribution in [1.82, 2.24) is 15.2 Å². The number of likely N-dealkylation sites (N-methyl/N-ethyl adjacent to an activating group) is 1. The summed E-state index contributed by atoms with van der Waals surface area (Å²) in [6, 6.07) is 1.39. The average Bonchev–Trinajstić information content (AvgIpc) is 2.38. The van der Waals surface area contributed by atoms with Gasteiger partial charge in [0.2, 0.25) is 0 Å². The van der Waals surface area contributed by atoms with Crippen LogP contribution in [-0.4, -0.2) is 53.2 Å². The molecule has 0 radical (unpaired) electrons. The Kier molecular flexibility index (Phi) is 5.92. The lowest BCUT2D eigenvalue weighted by Crippen LogP contribution is -2.37. The average molecular weight is 280 g/mol. The summed E-state index contributed by atoms with van der Waals surface area (Å²) in [4.78, 5) is 28.3. The van der Waals surface area contributed by atoms with Gasteiger partial charge in [0.15, 0.2) is 0 Å². The molecule has 0 fully saturated rings. The third kappa shape index (κ3) is 5.23. The molecular weight excluding hydrogens is 260 g/mol.